The molecule has 4 rings (SSSR count). The molecule has 26 heavy (non-hydrogen) atoms. The molecule has 0 spiro atoms. The number of carbonyl (C=O) groups excluding carboxylic acids is 1. The quantitative estimate of drug-likeness (QED) is 0.488. The maximum absolute atomic E-state index is 12.6. The van der Waals surface area contributed by atoms with Gasteiger partial charge in [0, 0.05) is 4.90 Å². The van der Waals surface area contributed by atoms with Gasteiger partial charge in [0.05, 0.1) is 21.2 Å². The van der Waals surface area contributed by atoms with E-state index in [0.29, 0.717) is 0 Å². The summed E-state index contributed by atoms with van der Waals surface area (Å²) in [6.07, 6.45) is 2.00. The van der Waals surface area contributed by atoms with Gasteiger partial charge in [0.1, 0.15) is 0 Å². The van der Waals surface area contributed by atoms with Crippen LogP contribution in [0.25, 0.3) is 15.2 Å². The van der Waals surface area contributed by atoms with E-state index in [2.05, 4.69) is 21.6 Å². The number of nitrogens with zero attached hydrogens (tertiary/aromatic N) is 3. The summed E-state index contributed by atoms with van der Waals surface area (Å²) >= 11 is 4.63. The third-order valence-electron chi connectivity index (χ3n) is 3.93. The fraction of sp³-hybridized carbons (Fsp3) is 0.167. The molecular weight excluding hydrogens is 384 g/mol. The van der Waals surface area contributed by atoms with Crippen molar-refractivity contribution in [2.24, 2.45) is 0 Å². The molecule has 0 aliphatic carbocycles. The van der Waals surface area contributed by atoms with E-state index in [9.17, 15) is 4.79 Å². The normalized spacial score (nSPS) is 12.5. The van der Waals surface area contributed by atoms with E-state index in [1.165, 1.54) is 11.8 Å². The molecule has 0 aliphatic rings. The molecule has 0 saturated heterocycles. The molecular formula is C18H16N4OS3. The lowest BCUT2D eigenvalue weighted by atomic mass is 10.3. The summed E-state index contributed by atoms with van der Waals surface area (Å²) in [5.74, 6) is -0.0483. The standard InChI is InChI=1S/C18H16N4OS3/c1-11(16(23)19-12-7-3-5-9-14(12)24-2)25-17-20-21-18-22(17)13-8-4-6-10-15(13)26-18/h3-11H,1-2H3,(H,19,23). The molecule has 1 unspecified atom stereocenters. The van der Waals surface area contributed by atoms with Crippen LogP contribution < -0.4 is 5.32 Å². The Bertz CT molecular complexity index is 1090. The summed E-state index contributed by atoms with van der Waals surface area (Å²) in [5.41, 5.74) is 1.91. The molecule has 0 bridgehead atoms. The lowest BCUT2D eigenvalue weighted by Gasteiger charge is -2.13. The van der Waals surface area contributed by atoms with E-state index in [0.717, 1.165) is 30.9 Å². The summed E-state index contributed by atoms with van der Waals surface area (Å²) in [6, 6.07) is 15.9. The SMILES string of the molecule is CSc1ccccc1NC(=O)C(C)Sc1nnc2sc3ccccc3n12. The zero-order chi connectivity index (χ0) is 18.1. The molecule has 1 N–H and O–H groups in total. The van der Waals surface area contributed by atoms with Crippen molar-refractivity contribution in [3.8, 4) is 0 Å². The van der Waals surface area contributed by atoms with Gasteiger partial charge in [-0.15, -0.1) is 22.0 Å². The highest BCUT2D eigenvalue weighted by Gasteiger charge is 2.20. The van der Waals surface area contributed by atoms with Gasteiger partial charge in [-0.2, -0.15) is 0 Å². The zero-order valence-electron chi connectivity index (χ0n) is 14.2. The Balaban J connectivity index is 1.57. The van der Waals surface area contributed by atoms with Gasteiger partial charge in [-0.1, -0.05) is 47.4 Å². The molecule has 1 amide bonds. The van der Waals surface area contributed by atoms with E-state index >= 15 is 0 Å². The first-order chi connectivity index (χ1) is 12.7. The smallest absolute Gasteiger partial charge is 0.237 e. The van der Waals surface area contributed by atoms with Crippen LogP contribution in [0.15, 0.2) is 58.6 Å². The first kappa shape index (κ1) is 17.4. The van der Waals surface area contributed by atoms with Gasteiger partial charge in [-0.3, -0.25) is 9.20 Å². The topological polar surface area (TPSA) is 59.3 Å². The number of thioether (sulfide) groups is 2. The number of para-hydroxylation sites is 2. The maximum atomic E-state index is 12.6. The van der Waals surface area contributed by atoms with Crippen LogP contribution >= 0.6 is 34.9 Å². The number of fused-ring (bicyclic) bond motifs is 3. The van der Waals surface area contributed by atoms with Crippen molar-refractivity contribution < 1.29 is 4.79 Å². The highest BCUT2D eigenvalue weighted by molar-refractivity contribution is 8.00. The Morgan fingerprint density at radius 1 is 1.15 bits per heavy atom. The highest BCUT2D eigenvalue weighted by atomic mass is 32.2. The van der Waals surface area contributed by atoms with Gasteiger partial charge < -0.3 is 5.32 Å². The Kier molecular flexibility index (Phi) is 4.88. The molecule has 2 aromatic carbocycles. The van der Waals surface area contributed by atoms with Gasteiger partial charge in [0.2, 0.25) is 10.9 Å². The molecule has 5 nitrogen and oxygen atoms in total. The number of rotatable bonds is 5. The monoisotopic (exact) mass is 400 g/mol. The fourth-order valence-electron chi connectivity index (χ4n) is 2.63. The van der Waals surface area contributed by atoms with Crippen LogP contribution in [0, 0.1) is 0 Å². The molecule has 2 heterocycles. The van der Waals surface area contributed by atoms with Crippen molar-refractivity contribution in [3.63, 3.8) is 0 Å². The minimum atomic E-state index is -0.295. The molecule has 4 aromatic rings. The lowest BCUT2D eigenvalue weighted by Crippen LogP contribution is -2.23. The second-order valence-electron chi connectivity index (χ2n) is 5.62. The summed E-state index contributed by atoms with van der Waals surface area (Å²) in [7, 11) is 0. The van der Waals surface area contributed by atoms with Crippen molar-refractivity contribution >= 4 is 61.6 Å². The first-order valence-electron chi connectivity index (χ1n) is 8.00. The molecule has 0 saturated carbocycles. The van der Waals surface area contributed by atoms with Crippen LogP contribution in [-0.4, -0.2) is 32.0 Å². The maximum Gasteiger partial charge on any atom is 0.237 e. The molecule has 132 valence electrons. The van der Waals surface area contributed by atoms with Crippen LogP contribution in [0.3, 0.4) is 0 Å². The van der Waals surface area contributed by atoms with Gasteiger partial charge in [-0.05, 0) is 37.4 Å². The van der Waals surface area contributed by atoms with Crippen LogP contribution in [0.4, 0.5) is 5.69 Å². The zero-order valence-corrected chi connectivity index (χ0v) is 16.6. The molecule has 8 heteroatoms. The number of anilines is 1. The number of thiazole rings is 1. The summed E-state index contributed by atoms with van der Waals surface area (Å²) in [5, 5.41) is 12.0. The van der Waals surface area contributed by atoms with Gasteiger partial charge in [-0.25, -0.2) is 0 Å². The number of nitrogens with one attached hydrogen (secondary N) is 1. The number of benzene rings is 2. The average molecular weight is 401 g/mol. The van der Waals surface area contributed by atoms with Crippen molar-refractivity contribution in [2.45, 2.75) is 22.2 Å². The second kappa shape index (κ2) is 7.30. The van der Waals surface area contributed by atoms with Crippen LogP contribution in [0.5, 0.6) is 0 Å². The fourth-order valence-corrected chi connectivity index (χ4v) is 5.06. The molecule has 0 fully saturated rings. The van der Waals surface area contributed by atoms with Crippen molar-refractivity contribution in [2.75, 3.05) is 11.6 Å². The van der Waals surface area contributed by atoms with Gasteiger partial charge >= 0.3 is 0 Å². The first-order valence-corrected chi connectivity index (χ1v) is 10.9. The summed E-state index contributed by atoms with van der Waals surface area (Å²) in [4.78, 5) is 14.5. The largest absolute Gasteiger partial charge is 0.324 e. The van der Waals surface area contributed by atoms with Crippen molar-refractivity contribution in [3.05, 3.63) is 48.5 Å². The number of hydrogen-bond donors (Lipinski definition) is 1. The third kappa shape index (κ3) is 3.20. The number of carbonyl (C=O) groups is 1. The molecule has 1 atom stereocenters. The van der Waals surface area contributed by atoms with E-state index in [4.69, 9.17) is 0 Å². The average Bonchev–Trinajstić information content (AvgIpc) is 3.22. The number of hydrogen-bond acceptors (Lipinski definition) is 6. The van der Waals surface area contributed by atoms with Crippen molar-refractivity contribution in [1.82, 2.24) is 14.6 Å². The lowest BCUT2D eigenvalue weighted by molar-refractivity contribution is -0.115. The van der Waals surface area contributed by atoms with Gasteiger partial charge in [0.25, 0.3) is 0 Å². The molecule has 0 radical (unpaired) electrons. The van der Waals surface area contributed by atoms with E-state index < -0.39 is 0 Å². The summed E-state index contributed by atoms with van der Waals surface area (Å²) < 4.78 is 3.18. The Labute approximate surface area is 163 Å². The second-order valence-corrected chi connectivity index (χ2v) is 8.79. The van der Waals surface area contributed by atoms with Gasteiger partial charge in [0.15, 0.2) is 5.16 Å². The summed E-state index contributed by atoms with van der Waals surface area (Å²) in [6.45, 7) is 1.89. The minimum absolute atomic E-state index is 0.0483. The predicted octanol–water partition coefficient (Wildman–Crippen LogP) is 4.79. The highest BCUT2D eigenvalue weighted by Crippen LogP contribution is 2.32. The van der Waals surface area contributed by atoms with E-state index in [-0.39, 0.29) is 11.2 Å². The van der Waals surface area contributed by atoms with Crippen LogP contribution in [0.1, 0.15) is 6.92 Å². The number of aromatic nitrogens is 3. The van der Waals surface area contributed by atoms with Crippen LogP contribution in [0.2, 0.25) is 0 Å². The number of amides is 1. The Morgan fingerprint density at radius 2 is 1.92 bits per heavy atom. The predicted molar refractivity (Wildman–Crippen MR) is 111 cm³/mol. The van der Waals surface area contributed by atoms with Crippen molar-refractivity contribution in [1.29, 1.82) is 0 Å². The molecule has 0 aliphatic heterocycles. The van der Waals surface area contributed by atoms with Crippen LogP contribution in [-0.2, 0) is 4.79 Å². The minimum Gasteiger partial charge on any atom is -0.324 e. The molecule has 2 aromatic heterocycles. The Hall–Kier alpha value is -2.03. The Morgan fingerprint density at radius 3 is 2.77 bits per heavy atom. The third-order valence-corrected chi connectivity index (χ3v) is 6.78. The van der Waals surface area contributed by atoms with E-state index in [1.54, 1.807) is 23.1 Å². The van der Waals surface area contributed by atoms with E-state index in [1.807, 2.05) is 60.0 Å².